The standard InChI is InChI=1S/C18H19ClN4O/c1-4-23-17-16(12(3)22-23)15(9-11(2)21-17)18(24)20-10-13-5-7-14(19)8-6-13/h5-9H,4,10H2,1-3H3,(H,20,24). The third-order valence-corrected chi connectivity index (χ3v) is 4.17. The highest BCUT2D eigenvalue weighted by atomic mass is 35.5. The average molecular weight is 343 g/mol. The van der Waals surface area contributed by atoms with Gasteiger partial charge < -0.3 is 5.32 Å². The summed E-state index contributed by atoms with van der Waals surface area (Å²) in [5.41, 5.74) is 3.98. The molecule has 0 fully saturated rings. The molecule has 2 aromatic heterocycles. The number of amides is 1. The topological polar surface area (TPSA) is 59.8 Å². The minimum Gasteiger partial charge on any atom is -0.348 e. The number of halogens is 1. The van der Waals surface area contributed by atoms with E-state index in [0.717, 1.165) is 28.0 Å². The van der Waals surface area contributed by atoms with Gasteiger partial charge in [0.05, 0.1) is 16.6 Å². The number of benzene rings is 1. The van der Waals surface area contributed by atoms with E-state index < -0.39 is 0 Å². The Morgan fingerprint density at radius 1 is 1.25 bits per heavy atom. The first-order valence-corrected chi connectivity index (χ1v) is 8.24. The van der Waals surface area contributed by atoms with Crippen LogP contribution in [0.5, 0.6) is 0 Å². The fourth-order valence-electron chi connectivity index (χ4n) is 2.76. The first-order chi connectivity index (χ1) is 11.5. The first-order valence-electron chi connectivity index (χ1n) is 7.87. The molecular formula is C18H19ClN4O. The number of nitrogens with one attached hydrogen (secondary N) is 1. The SMILES string of the molecule is CCn1nc(C)c2c(C(=O)NCc3ccc(Cl)cc3)cc(C)nc21. The van der Waals surface area contributed by atoms with Crippen molar-refractivity contribution in [3.05, 3.63) is 57.9 Å². The van der Waals surface area contributed by atoms with Crippen LogP contribution in [-0.2, 0) is 13.1 Å². The molecule has 124 valence electrons. The van der Waals surface area contributed by atoms with Crippen LogP contribution in [0, 0.1) is 13.8 Å². The molecule has 1 aromatic carbocycles. The highest BCUT2D eigenvalue weighted by Crippen LogP contribution is 2.22. The number of hydrogen-bond acceptors (Lipinski definition) is 3. The Kier molecular flexibility index (Phi) is 4.53. The second-order valence-corrected chi connectivity index (χ2v) is 6.16. The summed E-state index contributed by atoms with van der Waals surface area (Å²) in [4.78, 5) is 17.2. The molecule has 0 saturated carbocycles. The van der Waals surface area contributed by atoms with Gasteiger partial charge in [-0.2, -0.15) is 5.10 Å². The Balaban J connectivity index is 1.91. The summed E-state index contributed by atoms with van der Waals surface area (Å²) in [7, 11) is 0. The molecule has 0 bridgehead atoms. The lowest BCUT2D eigenvalue weighted by Gasteiger charge is -2.08. The molecule has 24 heavy (non-hydrogen) atoms. The van der Waals surface area contributed by atoms with E-state index in [4.69, 9.17) is 11.6 Å². The molecule has 0 aliphatic rings. The molecule has 1 N–H and O–H groups in total. The Morgan fingerprint density at radius 2 is 1.96 bits per heavy atom. The summed E-state index contributed by atoms with van der Waals surface area (Å²) in [5, 5.41) is 8.94. The second kappa shape index (κ2) is 6.61. The van der Waals surface area contributed by atoms with E-state index in [-0.39, 0.29) is 5.91 Å². The molecule has 0 aliphatic heterocycles. The van der Waals surface area contributed by atoms with E-state index in [0.29, 0.717) is 23.7 Å². The van der Waals surface area contributed by atoms with Gasteiger partial charge in [0.1, 0.15) is 0 Å². The lowest BCUT2D eigenvalue weighted by atomic mass is 10.1. The molecule has 0 radical (unpaired) electrons. The fraction of sp³-hybridized carbons (Fsp3) is 0.278. The summed E-state index contributed by atoms with van der Waals surface area (Å²) < 4.78 is 1.83. The fourth-order valence-corrected chi connectivity index (χ4v) is 2.88. The first kappa shape index (κ1) is 16.5. The zero-order chi connectivity index (χ0) is 17.3. The van der Waals surface area contributed by atoms with Crippen LogP contribution in [0.1, 0.15) is 34.2 Å². The number of rotatable bonds is 4. The van der Waals surface area contributed by atoms with Gasteiger partial charge in [-0.25, -0.2) is 9.67 Å². The molecule has 0 unspecified atom stereocenters. The highest BCUT2D eigenvalue weighted by Gasteiger charge is 2.18. The maximum absolute atomic E-state index is 12.7. The van der Waals surface area contributed by atoms with Crippen molar-refractivity contribution in [2.24, 2.45) is 0 Å². The third kappa shape index (κ3) is 3.12. The van der Waals surface area contributed by atoms with Crippen molar-refractivity contribution in [2.45, 2.75) is 33.9 Å². The summed E-state index contributed by atoms with van der Waals surface area (Å²) in [6.45, 7) is 6.96. The molecule has 2 heterocycles. The Morgan fingerprint density at radius 3 is 2.62 bits per heavy atom. The number of aryl methyl sites for hydroxylation is 3. The second-order valence-electron chi connectivity index (χ2n) is 5.72. The van der Waals surface area contributed by atoms with Gasteiger partial charge in [-0.1, -0.05) is 23.7 Å². The van der Waals surface area contributed by atoms with E-state index in [1.807, 2.05) is 55.8 Å². The summed E-state index contributed by atoms with van der Waals surface area (Å²) in [6.07, 6.45) is 0. The van der Waals surface area contributed by atoms with Gasteiger partial charge in [-0.05, 0) is 44.5 Å². The molecule has 0 atom stereocenters. The van der Waals surface area contributed by atoms with Crippen molar-refractivity contribution in [2.75, 3.05) is 0 Å². The molecule has 0 saturated heterocycles. The number of hydrogen-bond donors (Lipinski definition) is 1. The molecule has 5 nitrogen and oxygen atoms in total. The number of aromatic nitrogens is 3. The lowest BCUT2D eigenvalue weighted by Crippen LogP contribution is -2.23. The summed E-state index contributed by atoms with van der Waals surface area (Å²) in [5.74, 6) is -0.126. The monoisotopic (exact) mass is 342 g/mol. The quantitative estimate of drug-likeness (QED) is 0.787. The number of carbonyl (C=O) groups is 1. The minimum absolute atomic E-state index is 0.126. The van der Waals surface area contributed by atoms with Crippen LogP contribution in [0.2, 0.25) is 5.02 Å². The normalized spacial score (nSPS) is 11.0. The average Bonchev–Trinajstić information content (AvgIpc) is 2.89. The van der Waals surface area contributed by atoms with Crippen molar-refractivity contribution in [3.8, 4) is 0 Å². The van der Waals surface area contributed by atoms with Gasteiger partial charge in [-0.3, -0.25) is 4.79 Å². The van der Waals surface area contributed by atoms with Gasteiger partial charge in [0.15, 0.2) is 5.65 Å². The number of fused-ring (bicyclic) bond motifs is 1. The number of carbonyl (C=O) groups excluding carboxylic acids is 1. The van der Waals surface area contributed by atoms with Crippen LogP contribution in [0.4, 0.5) is 0 Å². The lowest BCUT2D eigenvalue weighted by molar-refractivity contribution is 0.0952. The Hall–Kier alpha value is -2.40. The number of nitrogens with zero attached hydrogens (tertiary/aromatic N) is 3. The van der Waals surface area contributed by atoms with E-state index in [9.17, 15) is 4.79 Å². The van der Waals surface area contributed by atoms with Gasteiger partial charge in [0, 0.05) is 23.8 Å². The van der Waals surface area contributed by atoms with Gasteiger partial charge in [-0.15, -0.1) is 0 Å². The van der Waals surface area contributed by atoms with Gasteiger partial charge in [0.2, 0.25) is 0 Å². The largest absolute Gasteiger partial charge is 0.348 e. The van der Waals surface area contributed by atoms with Crippen molar-refractivity contribution in [1.29, 1.82) is 0 Å². The molecule has 3 aromatic rings. The predicted molar refractivity (Wildman–Crippen MR) is 95.3 cm³/mol. The Labute approximate surface area is 145 Å². The van der Waals surface area contributed by atoms with Gasteiger partial charge in [0.25, 0.3) is 5.91 Å². The van der Waals surface area contributed by atoms with Crippen molar-refractivity contribution in [1.82, 2.24) is 20.1 Å². The van der Waals surface area contributed by atoms with Crippen LogP contribution in [0.25, 0.3) is 11.0 Å². The molecule has 0 aliphatic carbocycles. The maximum Gasteiger partial charge on any atom is 0.252 e. The van der Waals surface area contributed by atoms with Crippen LogP contribution < -0.4 is 5.32 Å². The molecule has 0 spiro atoms. The van der Waals surface area contributed by atoms with Crippen molar-refractivity contribution >= 4 is 28.5 Å². The van der Waals surface area contributed by atoms with E-state index >= 15 is 0 Å². The highest BCUT2D eigenvalue weighted by molar-refractivity contribution is 6.30. The molecule has 3 rings (SSSR count). The number of pyridine rings is 1. The van der Waals surface area contributed by atoms with Crippen molar-refractivity contribution in [3.63, 3.8) is 0 Å². The van der Waals surface area contributed by atoms with Crippen molar-refractivity contribution < 1.29 is 4.79 Å². The van der Waals surface area contributed by atoms with E-state index in [2.05, 4.69) is 15.4 Å². The smallest absolute Gasteiger partial charge is 0.252 e. The van der Waals surface area contributed by atoms with Crippen LogP contribution in [0.3, 0.4) is 0 Å². The molecular weight excluding hydrogens is 324 g/mol. The van der Waals surface area contributed by atoms with Crippen LogP contribution >= 0.6 is 11.6 Å². The summed E-state index contributed by atoms with van der Waals surface area (Å²) in [6, 6.07) is 9.24. The predicted octanol–water partition coefficient (Wildman–Crippen LogP) is 3.65. The molecule has 6 heteroatoms. The molecule has 1 amide bonds. The third-order valence-electron chi connectivity index (χ3n) is 3.92. The van der Waals surface area contributed by atoms with E-state index in [1.54, 1.807) is 0 Å². The van der Waals surface area contributed by atoms with Crippen LogP contribution in [0.15, 0.2) is 30.3 Å². The van der Waals surface area contributed by atoms with Crippen LogP contribution in [-0.4, -0.2) is 20.7 Å². The maximum atomic E-state index is 12.7. The zero-order valence-electron chi connectivity index (χ0n) is 13.9. The Bertz CT molecular complexity index is 900. The van der Waals surface area contributed by atoms with E-state index in [1.165, 1.54) is 0 Å². The zero-order valence-corrected chi connectivity index (χ0v) is 14.7. The summed E-state index contributed by atoms with van der Waals surface area (Å²) >= 11 is 5.88. The minimum atomic E-state index is -0.126. The van der Waals surface area contributed by atoms with Gasteiger partial charge >= 0.3 is 0 Å².